The molecule has 0 aliphatic carbocycles. The third kappa shape index (κ3) is 15.4. The Hall–Kier alpha value is -2.06. The van der Waals surface area contributed by atoms with Crippen molar-refractivity contribution in [3.05, 3.63) is 0 Å². The van der Waals surface area contributed by atoms with Crippen LogP contribution in [0.4, 0.5) is 0 Å². The van der Waals surface area contributed by atoms with E-state index in [0.29, 0.717) is 58.4 Å². The van der Waals surface area contributed by atoms with Crippen LogP contribution < -0.4 is 21.7 Å². The fourth-order valence-electron chi connectivity index (χ4n) is 2.60. The Kier molecular flexibility index (Phi) is 16.4. The molecule has 178 valence electrons. The lowest BCUT2D eigenvalue weighted by Gasteiger charge is -2.23. The van der Waals surface area contributed by atoms with Crippen molar-refractivity contribution in [3.8, 4) is 0 Å². The molecule has 5 N–H and O–H groups in total. The predicted molar refractivity (Wildman–Crippen MR) is 122 cm³/mol. The van der Waals surface area contributed by atoms with Crippen LogP contribution in [-0.4, -0.2) is 72.8 Å². The third-order valence-corrected chi connectivity index (χ3v) is 5.03. The van der Waals surface area contributed by atoms with Gasteiger partial charge in [0.25, 0.3) is 0 Å². The predicted octanol–water partition coefficient (Wildman–Crippen LogP) is -0.337. The van der Waals surface area contributed by atoms with Gasteiger partial charge in [0.2, 0.25) is 23.6 Å². The van der Waals surface area contributed by atoms with Gasteiger partial charge in [-0.3, -0.25) is 24.0 Å². The fourth-order valence-corrected chi connectivity index (χ4v) is 2.76. The van der Waals surface area contributed by atoms with E-state index < -0.39 is 6.04 Å². The molecule has 0 aromatic rings. The normalized spacial score (nSPS) is 11.4. The Morgan fingerprint density at radius 1 is 0.806 bits per heavy atom. The number of carbonyl (C=O) groups excluding carboxylic acids is 5. The molecule has 11 heteroatoms. The molecule has 0 fully saturated rings. The average Bonchev–Trinajstić information content (AvgIpc) is 2.75. The van der Waals surface area contributed by atoms with Gasteiger partial charge < -0.3 is 26.6 Å². The number of nitrogens with zero attached hydrogens (tertiary/aromatic N) is 1. The standard InChI is InChI=1S/C20H38N5O5P/c1-3-16(26)23-11-13-25(14-12-24-17(27)4-2)19(29)9-8-18(28)22-10-6-5-7-15(21)20(30)31/h15H,3-14,21,31H2,1-2H3,(H,22,28)(H,23,26)(H,24,27). The summed E-state index contributed by atoms with van der Waals surface area (Å²) in [6.07, 6.45) is 2.81. The minimum absolute atomic E-state index is 0.0434. The van der Waals surface area contributed by atoms with Crippen LogP contribution in [0.3, 0.4) is 0 Å². The molecule has 2 unspecified atom stereocenters. The average molecular weight is 460 g/mol. The van der Waals surface area contributed by atoms with Crippen LogP contribution in [0, 0.1) is 0 Å². The highest BCUT2D eigenvalue weighted by Crippen LogP contribution is 2.03. The summed E-state index contributed by atoms with van der Waals surface area (Å²) in [6.45, 7) is 5.19. The van der Waals surface area contributed by atoms with Crippen molar-refractivity contribution in [1.29, 1.82) is 0 Å². The third-order valence-electron chi connectivity index (χ3n) is 4.60. The largest absolute Gasteiger partial charge is 0.356 e. The maximum Gasteiger partial charge on any atom is 0.223 e. The highest BCUT2D eigenvalue weighted by Gasteiger charge is 2.15. The van der Waals surface area contributed by atoms with Crippen LogP contribution >= 0.6 is 9.24 Å². The van der Waals surface area contributed by atoms with Gasteiger partial charge in [0.05, 0.1) is 6.04 Å². The molecule has 4 amide bonds. The van der Waals surface area contributed by atoms with Crippen molar-refractivity contribution >= 4 is 38.4 Å². The molecule has 10 nitrogen and oxygen atoms in total. The molecule has 0 radical (unpaired) electrons. The summed E-state index contributed by atoms with van der Waals surface area (Å²) in [4.78, 5) is 59.9. The first-order valence-electron chi connectivity index (χ1n) is 10.8. The summed E-state index contributed by atoms with van der Waals surface area (Å²) in [7, 11) is 2.06. The van der Waals surface area contributed by atoms with Crippen molar-refractivity contribution < 1.29 is 24.0 Å². The molecule has 0 aliphatic rings. The van der Waals surface area contributed by atoms with Gasteiger partial charge in [0.15, 0.2) is 5.52 Å². The lowest BCUT2D eigenvalue weighted by Crippen LogP contribution is -2.42. The van der Waals surface area contributed by atoms with Crippen LogP contribution in [0.1, 0.15) is 58.8 Å². The zero-order valence-electron chi connectivity index (χ0n) is 18.7. The fraction of sp³-hybridized carbons (Fsp3) is 0.750. The van der Waals surface area contributed by atoms with Gasteiger partial charge in [0, 0.05) is 58.4 Å². The maximum absolute atomic E-state index is 12.5. The van der Waals surface area contributed by atoms with Gasteiger partial charge in [-0.2, -0.15) is 0 Å². The molecule has 0 aromatic heterocycles. The van der Waals surface area contributed by atoms with E-state index >= 15 is 0 Å². The summed E-state index contributed by atoms with van der Waals surface area (Å²) in [5.41, 5.74) is 5.51. The van der Waals surface area contributed by atoms with E-state index in [9.17, 15) is 24.0 Å². The molecule has 0 saturated carbocycles. The second kappa shape index (κ2) is 17.6. The van der Waals surface area contributed by atoms with Crippen molar-refractivity contribution in [2.75, 3.05) is 32.7 Å². The van der Waals surface area contributed by atoms with E-state index in [2.05, 4.69) is 25.2 Å². The van der Waals surface area contributed by atoms with Crippen molar-refractivity contribution in [2.45, 2.75) is 64.8 Å². The van der Waals surface area contributed by atoms with Gasteiger partial charge in [-0.1, -0.05) is 23.1 Å². The number of nitrogens with two attached hydrogens (primary N) is 1. The van der Waals surface area contributed by atoms with E-state index in [1.165, 1.54) is 0 Å². The second-order valence-electron chi connectivity index (χ2n) is 7.14. The van der Waals surface area contributed by atoms with Gasteiger partial charge >= 0.3 is 0 Å². The number of nitrogens with one attached hydrogen (secondary N) is 3. The Balaban J connectivity index is 4.31. The summed E-state index contributed by atoms with van der Waals surface area (Å²) in [6, 6.07) is -0.492. The molecule has 0 saturated heterocycles. The Bertz CT molecular complexity index is 581. The van der Waals surface area contributed by atoms with Crippen LogP contribution in [0.2, 0.25) is 0 Å². The summed E-state index contributed by atoms with van der Waals surface area (Å²) < 4.78 is 0. The molecule has 0 aliphatic heterocycles. The minimum atomic E-state index is -0.492. The Labute approximate surface area is 187 Å². The highest BCUT2D eigenvalue weighted by molar-refractivity contribution is 7.40. The number of hydrogen-bond donors (Lipinski definition) is 4. The smallest absolute Gasteiger partial charge is 0.223 e. The molecule has 0 bridgehead atoms. The molecule has 0 heterocycles. The molecule has 0 spiro atoms. The van der Waals surface area contributed by atoms with E-state index in [0.717, 1.165) is 6.42 Å². The van der Waals surface area contributed by atoms with Crippen LogP contribution in [0.15, 0.2) is 0 Å². The maximum atomic E-state index is 12.5. The zero-order chi connectivity index (χ0) is 23.6. The second-order valence-corrected chi connectivity index (χ2v) is 7.71. The molecule has 2 atom stereocenters. The molecule has 0 rings (SSSR count). The highest BCUT2D eigenvalue weighted by atomic mass is 31.0. The van der Waals surface area contributed by atoms with Gasteiger partial charge in [-0.05, 0) is 19.3 Å². The Morgan fingerprint density at radius 2 is 1.32 bits per heavy atom. The number of carbonyl (C=O) groups is 5. The van der Waals surface area contributed by atoms with E-state index in [-0.39, 0.29) is 42.0 Å². The SMILES string of the molecule is CCC(=O)NCCN(CCNC(=O)CC)C(=O)CCC(=O)NCCCCC(N)C(=O)P. The lowest BCUT2D eigenvalue weighted by atomic mass is 10.1. The Morgan fingerprint density at radius 3 is 1.81 bits per heavy atom. The summed E-state index contributed by atoms with van der Waals surface area (Å²) in [5, 5.41) is 8.19. The van der Waals surface area contributed by atoms with Crippen LogP contribution in [0.25, 0.3) is 0 Å². The molecule has 0 aromatic carbocycles. The van der Waals surface area contributed by atoms with Gasteiger partial charge in [-0.15, -0.1) is 0 Å². The quantitative estimate of drug-likeness (QED) is 0.173. The number of unbranched alkanes of at least 4 members (excludes halogenated alkanes) is 1. The van der Waals surface area contributed by atoms with Gasteiger partial charge in [0.1, 0.15) is 0 Å². The first kappa shape index (κ1) is 28.9. The van der Waals surface area contributed by atoms with Crippen molar-refractivity contribution in [2.24, 2.45) is 5.73 Å². The van der Waals surface area contributed by atoms with E-state index in [1.807, 2.05) is 0 Å². The number of amides is 4. The van der Waals surface area contributed by atoms with Gasteiger partial charge in [-0.25, -0.2) is 0 Å². The topological polar surface area (TPSA) is 151 Å². The molecular weight excluding hydrogens is 421 g/mol. The number of rotatable bonds is 17. The van der Waals surface area contributed by atoms with Crippen LogP contribution in [-0.2, 0) is 24.0 Å². The van der Waals surface area contributed by atoms with E-state index in [1.54, 1.807) is 18.7 Å². The lowest BCUT2D eigenvalue weighted by molar-refractivity contribution is -0.134. The summed E-state index contributed by atoms with van der Waals surface area (Å²) >= 11 is 0. The van der Waals surface area contributed by atoms with E-state index in [4.69, 9.17) is 5.73 Å². The number of hydrogen-bond acceptors (Lipinski definition) is 6. The molecular formula is C20H38N5O5P. The van der Waals surface area contributed by atoms with Crippen LogP contribution in [0.5, 0.6) is 0 Å². The van der Waals surface area contributed by atoms with Crippen molar-refractivity contribution in [1.82, 2.24) is 20.9 Å². The van der Waals surface area contributed by atoms with Crippen molar-refractivity contribution in [3.63, 3.8) is 0 Å². The summed E-state index contributed by atoms with van der Waals surface area (Å²) in [5.74, 6) is -0.641. The first-order chi connectivity index (χ1) is 14.7. The molecule has 31 heavy (non-hydrogen) atoms. The monoisotopic (exact) mass is 459 g/mol. The zero-order valence-corrected chi connectivity index (χ0v) is 19.9. The first-order valence-corrected chi connectivity index (χ1v) is 11.4. The minimum Gasteiger partial charge on any atom is -0.356 e.